The van der Waals surface area contributed by atoms with E-state index in [0.29, 0.717) is 18.9 Å². The predicted molar refractivity (Wildman–Crippen MR) is 85.6 cm³/mol. The van der Waals surface area contributed by atoms with Gasteiger partial charge in [0, 0.05) is 6.20 Å². The molecule has 0 aliphatic rings. The van der Waals surface area contributed by atoms with Gasteiger partial charge in [0.1, 0.15) is 11.5 Å². The van der Waals surface area contributed by atoms with Crippen LogP contribution in [0.25, 0.3) is 0 Å². The summed E-state index contributed by atoms with van der Waals surface area (Å²) in [6.07, 6.45) is 3.21. The van der Waals surface area contributed by atoms with Crippen molar-refractivity contribution in [1.82, 2.24) is 9.71 Å². The molecular formula is C17H22N2O4. The molecule has 0 aliphatic carbocycles. The molecule has 124 valence electrons. The molecular weight excluding hydrogens is 296 g/mol. The van der Waals surface area contributed by atoms with E-state index in [1.807, 2.05) is 24.3 Å². The summed E-state index contributed by atoms with van der Waals surface area (Å²) < 4.78 is 12.4. The third-order valence-corrected chi connectivity index (χ3v) is 3.62. The summed E-state index contributed by atoms with van der Waals surface area (Å²) >= 11 is 0. The predicted octanol–water partition coefficient (Wildman–Crippen LogP) is 2.69. The molecule has 6 nitrogen and oxygen atoms in total. The van der Waals surface area contributed by atoms with Crippen LogP contribution in [0.15, 0.2) is 36.7 Å². The van der Waals surface area contributed by atoms with Crippen LogP contribution in [-0.4, -0.2) is 29.9 Å². The van der Waals surface area contributed by atoms with Gasteiger partial charge in [-0.1, -0.05) is 20.8 Å². The summed E-state index contributed by atoms with van der Waals surface area (Å²) in [4.78, 5) is 19.9. The van der Waals surface area contributed by atoms with Gasteiger partial charge in [-0.05, 0) is 29.7 Å². The van der Waals surface area contributed by atoms with Crippen LogP contribution in [0.5, 0.6) is 11.5 Å². The fourth-order valence-corrected chi connectivity index (χ4v) is 2.25. The number of carbonyl (C=O) groups is 1. The highest BCUT2D eigenvalue weighted by molar-refractivity contribution is 5.37. The first-order valence-corrected chi connectivity index (χ1v) is 7.36. The van der Waals surface area contributed by atoms with Gasteiger partial charge in [-0.2, -0.15) is 4.73 Å². The second-order valence-corrected chi connectivity index (χ2v) is 6.22. The minimum atomic E-state index is -0.123. The van der Waals surface area contributed by atoms with E-state index in [9.17, 15) is 4.79 Å². The lowest BCUT2D eigenvalue weighted by atomic mass is 9.80. The maximum absolute atomic E-state index is 10.6. The van der Waals surface area contributed by atoms with Crippen molar-refractivity contribution in [1.29, 1.82) is 0 Å². The molecule has 0 spiro atoms. The Labute approximate surface area is 136 Å². The standard InChI is InChI=1S/C17H22N2O4/c1-17(2,3)15(16-18-9-10-19(16)23-12-20)11-22-14-7-5-13(21-4)6-8-14/h5-10,12,15H,11H2,1-4H3. The number of nitrogens with zero attached hydrogens (tertiary/aromatic N) is 2. The summed E-state index contributed by atoms with van der Waals surface area (Å²) in [6.45, 7) is 7.07. The van der Waals surface area contributed by atoms with Crippen LogP contribution in [0.1, 0.15) is 32.5 Å². The van der Waals surface area contributed by atoms with E-state index in [4.69, 9.17) is 14.3 Å². The van der Waals surface area contributed by atoms with Gasteiger partial charge in [0.15, 0.2) is 5.82 Å². The molecule has 2 aromatic rings. The van der Waals surface area contributed by atoms with Gasteiger partial charge in [0.05, 0.1) is 25.8 Å². The molecule has 0 aliphatic heterocycles. The molecule has 23 heavy (non-hydrogen) atoms. The van der Waals surface area contributed by atoms with Gasteiger partial charge in [0.25, 0.3) is 0 Å². The second kappa shape index (κ2) is 7.17. The normalized spacial score (nSPS) is 12.5. The Hall–Kier alpha value is -2.50. The van der Waals surface area contributed by atoms with Crippen molar-refractivity contribution in [2.24, 2.45) is 5.41 Å². The number of hydrogen-bond donors (Lipinski definition) is 0. The van der Waals surface area contributed by atoms with Crippen LogP contribution in [0.3, 0.4) is 0 Å². The van der Waals surface area contributed by atoms with Gasteiger partial charge in [-0.15, -0.1) is 0 Å². The molecule has 0 saturated carbocycles. The van der Waals surface area contributed by atoms with Crippen molar-refractivity contribution in [2.45, 2.75) is 26.7 Å². The Balaban J connectivity index is 2.15. The number of aromatic nitrogens is 2. The topological polar surface area (TPSA) is 62.6 Å². The first-order valence-electron chi connectivity index (χ1n) is 7.36. The van der Waals surface area contributed by atoms with Gasteiger partial charge in [-0.3, -0.25) is 4.79 Å². The molecule has 0 fully saturated rings. The van der Waals surface area contributed by atoms with Gasteiger partial charge >= 0.3 is 6.47 Å². The SMILES string of the molecule is COc1ccc(OCC(c2nccn2OC=O)C(C)(C)C)cc1. The van der Waals surface area contributed by atoms with Gasteiger partial charge in [0.2, 0.25) is 0 Å². The fourth-order valence-electron chi connectivity index (χ4n) is 2.25. The van der Waals surface area contributed by atoms with Crippen LogP contribution in [0.2, 0.25) is 0 Å². The summed E-state index contributed by atoms with van der Waals surface area (Å²) in [6, 6.07) is 7.40. The average Bonchev–Trinajstić information content (AvgIpc) is 2.95. The Kier molecular flexibility index (Phi) is 5.26. The number of hydrogen-bond acceptors (Lipinski definition) is 5. The van der Waals surface area contributed by atoms with E-state index < -0.39 is 0 Å². The van der Waals surface area contributed by atoms with E-state index in [2.05, 4.69) is 25.8 Å². The maximum atomic E-state index is 10.6. The average molecular weight is 318 g/mol. The zero-order chi connectivity index (χ0) is 16.9. The maximum Gasteiger partial charge on any atom is 0.321 e. The van der Waals surface area contributed by atoms with Crippen molar-refractivity contribution in [2.75, 3.05) is 13.7 Å². The third-order valence-electron chi connectivity index (χ3n) is 3.62. The van der Waals surface area contributed by atoms with Crippen molar-refractivity contribution < 1.29 is 19.1 Å². The number of rotatable bonds is 7. The van der Waals surface area contributed by atoms with E-state index in [1.54, 1.807) is 19.5 Å². The number of imidazole rings is 1. The highest BCUT2D eigenvalue weighted by atomic mass is 16.7. The smallest absolute Gasteiger partial charge is 0.321 e. The largest absolute Gasteiger partial charge is 0.497 e. The monoisotopic (exact) mass is 318 g/mol. The molecule has 0 radical (unpaired) electrons. The van der Waals surface area contributed by atoms with Crippen LogP contribution >= 0.6 is 0 Å². The molecule has 6 heteroatoms. The summed E-state index contributed by atoms with van der Waals surface area (Å²) in [5, 5.41) is 0. The minimum Gasteiger partial charge on any atom is -0.497 e. The molecule has 0 bridgehead atoms. The highest BCUT2D eigenvalue weighted by Gasteiger charge is 2.31. The Bertz CT molecular complexity index is 629. The lowest BCUT2D eigenvalue weighted by molar-refractivity contribution is -0.129. The molecule has 0 amide bonds. The molecule has 2 rings (SSSR count). The second-order valence-electron chi connectivity index (χ2n) is 6.22. The lowest BCUT2D eigenvalue weighted by Crippen LogP contribution is -2.29. The quantitative estimate of drug-likeness (QED) is 0.735. The van der Waals surface area contributed by atoms with Crippen LogP contribution in [0.4, 0.5) is 0 Å². The molecule has 1 aromatic carbocycles. The van der Waals surface area contributed by atoms with Gasteiger partial charge < -0.3 is 14.3 Å². The van der Waals surface area contributed by atoms with E-state index in [0.717, 1.165) is 11.5 Å². The highest BCUT2D eigenvalue weighted by Crippen LogP contribution is 2.34. The molecule has 0 N–H and O–H groups in total. The number of benzene rings is 1. The van der Waals surface area contributed by atoms with Crippen molar-refractivity contribution in [3.63, 3.8) is 0 Å². The zero-order valence-electron chi connectivity index (χ0n) is 13.9. The van der Waals surface area contributed by atoms with Crippen LogP contribution < -0.4 is 14.3 Å². The summed E-state index contributed by atoms with van der Waals surface area (Å²) in [5.41, 5.74) is -0.123. The van der Waals surface area contributed by atoms with Gasteiger partial charge in [-0.25, -0.2) is 4.98 Å². The van der Waals surface area contributed by atoms with E-state index in [-0.39, 0.29) is 11.3 Å². The third kappa shape index (κ3) is 4.25. The summed E-state index contributed by atoms with van der Waals surface area (Å²) in [5.74, 6) is 2.12. The Morgan fingerprint density at radius 3 is 2.43 bits per heavy atom. The van der Waals surface area contributed by atoms with Crippen LogP contribution in [0, 0.1) is 5.41 Å². The number of methoxy groups -OCH3 is 1. The lowest BCUT2D eigenvalue weighted by Gasteiger charge is -2.29. The first kappa shape index (κ1) is 16.9. The Morgan fingerprint density at radius 1 is 1.22 bits per heavy atom. The van der Waals surface area contributed by atoms with Crippen molar-refractivity contribution in [3.05, 3.63) is 42.5 Å². The molecule has 1 unspecified atom stereocenters. The molecule has 1 heterocycles. The zero-order valence-corrected chi connectivity index (χ0v) is 13.9. The summed E-state index contributed by atoms with van der Waals surface area (Å²) in [7, 11) is 1.62. The van der Waals surface area contributed by atoms with Crippen molar-refractivity contribution in [3.8, 4) is 11.5 Å². The molecule has 1 aromatic heterocycles. The Morgan fingerprint density at radius 2 is 1.87 bits per heavy atom. The first-order chi connectivity index (χ1) is 11.0. The fraction of sp³-hybridized carbons (Fsp3) is 0.412. The van der Waals surface area contributed by atoms with Crippen LogP contribution in [-0.2, 0) is 4.79 Å². The minimum absolute atomic E-state index is 0.0560. The van der Waals surface area contributed by atoms with E-state index in [1.165, 1.54) is 4.73 Å². The van der Waals surface area contributed by atoms with Crippen molar-refractivity contribution >= 4 is 6.47 Å². The number of carbonyl (C=O) groups excluding carboxylic acids is 1. The molecule has 1 atom stereocenters. The molecule has 0 saturated heterocycles. The van der Waals surface area contributed by atoms with E-state index >= 15 is 0 Å². The number of ether oxygens (including phenoxy) is 2.